The van der Waals surface area contributed by atoms with E-state index in [4.69, 9.17) is 0 Å². The summed E-state index contributed by atoms with van der Waals surface area (Å²) in [5, 5.41) is 3.35. The molecule has 5 heteroatoms. The average Bonchev–Trinajstić information content (AvgIpc) is 2.48. The first-order valence-corrected chi connectivity index (χ1v) is 8.60. The zero-order valence-corrected chi connectivity index (χ0v) is 13.1. The van der Waals surface area contributed by atoms with Crippen LogP contribution in [0.1, 0.15) is 43.2 Å². The number of nitrogens with one attached hydrogen (secondary N) is 1. The number of thioether (sulfide) groups is 1. The molecule has 1 aromatic rings. The second-order valence-electron chi connectivity index (χ2n) is 5.75. The maximum atomic E-state index is 12.7. The molecule has 0 radical (unpaired) electrons. The molecule has 0 aromatic heterocycles. The van der Waals surface area contributed by atoms with Crippen LogP contribution in [0.15, 0.2) is 24.3 Å². The molecule has 1 aliphatic carbocycles. The number of halogens is 3. The Morgan fingerprint density at radius 1 is 1.19 bits per heavy atom. The number of rotatable bonds is 5. The van der Waals surface area contributed by atoms with Crippen LogP contribution in [-0.4, -0.2) is 17.5 Å². The predicted molar refractivity (Wildman–Crippen MR) is 82.5 cm³/mol. The maximum Gasteiger partial charge on any atom is 0.416 e. The lowest BCUT2D eigenvalue weighted by Crippen LogP contribution is -2.39. The minimum Gasteiger partial charge on any atom is -0.311 e. The minimum atomic E-state index is -4.26. The minimum absolute atomic E-state index is 0.264. The highest BCUT2D eigenvalue weighted by Crippen LogP contribution is 2.38. The summed E-state index contributed by atoms with van der Waals surface area (Å²) < 4.78 is 38.3. The van der Waals surface area contributed by atoms with Gasteiger partial charge in [-0.05, 0) is 30.7 Å². The van der Waals surface area contributed by atoms with E-state index in [1.165, 1.54) is 44.2 Å². The van der Waals surface area contributed by atoms with E-state index in [1.807, 2.05) is 11.8 Å². The van der Waals surface area contributed by atoms with Crippen LogP contribution in [0.5, 0.6) is 0 Å². The lowest BCUT2D eigenvalue weighted by atomic mass is 9.88. The highest BCUT2D eigenvalue weighted by molar-refractivity contribution is 8.00. The van der Waals surface area contributed by atoms with Crippen LogP contribution in [0.3, 0.4) is 0 Å². The van der Waals surface area contributed by atoms with Crippen molar-refractivity contribution in [3.8, 4) is 0 Å². The Hall–Kier alpha value is -0.680. The molecule has 1 nitrogen and oxygen atoms in total. The largest absolute Gasteiger partial charge is 0.416 e. The fourth-order valence-corrected chi connectivity index (χ4v) is 3.88. The fraction of sp³-hybridized carbons (Fsp3) is 0.625. The Labute approximate surface area is 128 Å². The zero-order valence-electron chi connectivity index (χ0n) is 12.3. The molecule has 0 amide bonds. The molecule has 1 N–H and O–H groups in total. The Balaban J connectivity index is 1.91. The van der Waals surface area contributed by atoms with E-state index in [0.29, 0.717) is 12.1 Å². The van der Waals surface area contributed by atoms with Gasteiger partial charge in [0.25, 0.3) is 0 Å². The number of hydrogen-bond donors (Lipinski definition) is 1. The average molecular weight is 317 g/mol. The van der Waals surface area contributed by atoms with Gasteiger partial charge in [0, 0.05) is 17.8 Å². The molecule has 1 aromatic carbocycles. The van der Waals surface area contributed by atoms with Gasteiger partial charge >= 0.3 is 6.18 Å². The van der Waals surface area contributed by atoms with E-state index in [0.717, 1.165) is 12.6 Å². The summed E-state index contributed by atoms with van der Waals surface area (Å²) in [6.07, 6.45) is 4.08. The van der Waals surface area contributed by atoms with Crippen molar-refractivity contribution < 1.29 is 13.2 Å². The smallest absolute Gasteiger partial charge is 0.311 e. The van der Waals surface area contributed by atoms with Crippen molar-refractivity contribution in [2.45, 2.75) is 49.6 Å². The van der Waals surface area contributed by atoms with Crippen LogP contribution < -0.4 is 5.32 Å². The van der Waals surface area contributed by atoms with Gasteiger partial charge < -0.3 is 5.32 Å². The summed E-state index contributed by atoms with van der Waals surface area (Å²) in [5.74, 6) is 0. The molecule has 2 rings (SSSR count). The fourth-order valence-electron chi connectivity index (χ4n) is 2.94. The summed E-state index contributed by atoms with van der Waals surface area (Å²) in [5.41, 5.74) is 0.121. The first-order valence-electron chi connectivity index (χ1n) is 7.37. The van der Waals surface area contributed by atoms with E-state index >= 15 is 0 Å². The molecule has 1 saturated carbocycles. The number of benzene rings is 1. The summed E-state index contributed by atoms with van der Waals surface area (Å²) in [4.78, 5) is 0. The predicted octanol–water partition coefficient (Wildman–Crippen LogP) is 4.86. The van der Waals surface area contributed by atoms with E-state index in [-0.39, 0.29) is 4.75 Å². The third kappa shape index (κ3) is 4.65. The standard InChI is InChI=1S/C16H22F3NS/c1-21-15(8-3-2-4-9-15)12-20-11-13-6-5-7-14(10-13)16(17,18)19/h5-7,10,20H,2-4,8-9,11-12H2,1H3. The molecule has 1 aliphatic rings. The van der Waals surface area contributed by atoms with Crippen molar-refractivity contribution in [2.75, 3.05) is 12.8 Å². The van der Waals surface area contributed by atoms with Crippen LogP contribution >= 0.6 is 11.8 Å². The molecule has 0 heterocycles. The Morgan fingerprint density at radius 2 is 1.90 bits per heavy atom. The van der Waals surface area contributed by atoms with E-state index in [2.05, 4.69) is 11.6 Å². The quantitative estimate of drug-likeness (QED) is 0.832. The lowest BCUT2D eigenvalue weighted by Gasteiger charge is -2.36. The number of alkyl halides is 3. The van der Waals surface area contributed by atoms with Crippen LogP contribution in [0.2, 0.25) is 0 Å². The van der Waals surface area contributed by atoms with E-state index in [9.17, 15) is 13.2 Å². The third-order valence-corrected chi connectivity index (χ3v) is 5.65. The zero-order chi connectivity index (χ0) is 15.3. The molecular weight excluding hydrogens is 295 g/mol. The third-order valence-electron chi connectivity index (χ3n) is 4.23. The molecule has 0 atom stereocenters. The van der Waals surface area contributed by atoms with Gasteiger partial charge in [0.2, 0.25) is 0 Å². The van der Waals surface area contributed by atoms with Crippen molar-refractivity contribution in [2.24, 2.45) is 0 Å². The Kier molecular flexibility index (Phi) is 5.60. The van der Waals surface area contributed by atoms with Gasteiger partial charge in [0.05, 0.1) is 5.56 Å². The SMILES string of the molecule is CSC1(CNCc2cccc(C(F)(F)F)c2)CCCCC1. The van der Waals surface area contributed by atoms with Crippen LogP contribution in [-0.2, 0) is 12.7 Å². The molecule has 0 aliphatic heterocycles. The van der Waals surface area contributed by atoms with Crippen molar-refractivity contribution in [1.82, 2.24) is 5.32 Å². The molecule has 0 spiro atoms. The van der Waals surface area contributed by atoms with Gasteiger partial charge in [-0.15, -0.1) is 0 Å². The van der Waals surface area contributed by atoms with Crippen LogP contribution in [0.4, 0.5) is 13.2 Å². The van der Waals surface area contributed by atoms with Gasteiger partial charge in [0.15, 0.2) is 0 Å². The van der Waals surface area contributed by atoms with Gasteiger partial charge in [-0.25, -0.2) is 0 Å². The maximum absolute atomic E-state index is 12.7. The van der Waals surface area contributed by atoms with Gasteiger partial charge in [-0.2, -0.15) is 24.9 Å². The first-order chi connectivity index (χ1) is 9.95. The molecule has 118 valence electrons. The summed E-state index contributed by atoms with van der Waals surface area (Å²) in [7, 11) is 0. The van der Waals surface area contributed by atoms with Crippen LogP contribution in [0, 0.1) is 0 Å². The normalized spacial score (nSPS) is 18.7. The van der Waals surface area contributed by atoms with Crippen molar-refractivity contribution >= 4 is 11.8 Å². The summed E-state index contributed by atoms with van der Waals surface area (Å²) in [6, 6.07) is 5.58. The highest BCUT2D eigenvalue weighted by atomic mass is 32.2. The molecule has 0 unspecified atom stereocenters. The second kappa shape index (κ2) is 7.05. The van der Waals surface area contributed by atoms with Crippen molar-refractivity contribution in [3.05, 3.63) is 35.4 Å². The topological polar surface area (TPSA) is 12.0 Å². The molecule has 0 saturated heterocycles. The van der Waals surface area contributed by atoms with Gasteiger partial charge in [-0.1, -0.05) is 37.5 Å². The van der Waals surface area contributed by atoms with Crippen LogP contribution in [0.25, 0.3) is 0 Å². The highest BCUT2D eigenvalue weighted by Gasteiger charge is 2.31. The van der Waals surface area contributed by atoms with Gasteiger partial charge in [-0.3, -0.25) is 0 Å². The first kappa shape index (κ1) is 16.7. The molecule has 21 heavy (non-hydrogen) atoms. The lowest BCUT2D eigenvalue weighted by molar-refractivity contribution is -0.137. The summed E-state index contributed by atoms with van der Waals surface area (Å²) >= 11 is 1.89. The molecular formula is C16H22F3NS. The second-order valence-corrected chi connectivity index (χ2v) is 7.02. The summed E-state index contributed by atoms with van der Waals surface area (Å²) in [6.45, 7) is 1.36. The van der Waals surface area contributed by atoms with E-state index < -0.39 is 11.7 Å². The monoisotopic (exact) mass is 317 g/mol. The molecule has 0 bridgehead atoms. The Bertz CT molecular complexity index is 453. The van der Waals surface area contributed by atoms with Gasteiger partial charge in [0.1, 0.15) is 0 Å². The number of hydrogen-bond acceptors (Lipinski definition) is 2. The van der Waals surface area contributed by atoms with Crippen molar-refractivity contribution in [1.29, 1.82) is 0 Å². The van der Waals surface area contributed by atoms with Crippen molar-refractivity contribution in [3.63, 3.8) is 0 Å². The Morgan fingerprint density at radius 3 is 2.52 bits per heavy atom. The van der Waals surface area contributed by atoms with E-state index in [1.54, 1.807) is 6.07 Å². The molecule has 1 fully saturated rings.